The van der Waals surface area contributed by atoms with Gasteiger partial charge in [-0.2, -0.15) is 0 Å². The Morgan fingerprint density at radius 1 is 1.42 bits per heavy atom. The number of phenolic OH excluding ortho intramolecular Hbond substituents is 1. The van der Waals surface area contributed by atoms with Gasteiger partial charge in [-0.1, -0.05) is 23.9 Å². The molecule has 0 fully saturated rings. The van der Waals surface area contributed by atoms with Crippen LogP contribution in [0, 0.1) is 0 Å². The van der Waals surface area contributed by atoms with E-state index in [0.717, 1.165) is 5.56 Å². The van der Waals surface area contributed by atoms with E-state index in [4.69, 9.17) is 5.21 Å². The van der Waals surface area contributed by atoms with Gasteiger partial charge in [0, 0.05) is 5.56 Å². The highest BCUT2D eigenvalue weighted by Gasteiger charge is 1.97. The summed E-state index contributed by atoms with van der Waals surface area (Å²) in [6.45, 7) is 3.55. The number of aromatic hydroxyl groups is 1. The molecule has 0 saturated heterocycles. The van der Waals surface area contributed by atoms with Gasteiger partial charge in [-0.25, -0.2) is 0 Å². The van der Waals surface area contributed by atoms with E-state index in [1.54, 1.807) is 24.3 Å². The normalized spacial score (nSPS) is 10.3. The lowest BCUT2D eigenvalue weighted by molar-refractivity contribution is 0.321. The van der Waals surface area contributed by atoms with Crippen LogP contribution in [0.3, 0.4) is 0 Å². The molecule has 0 unspecified atom stereocenters. The third-order valence-electron chi connectivity index (χ3n) is 1.49. The molecule has 0 bridgehead atoms. The van der Waals surface area contributed by atoms with Crippen molar-refractivity contribution in [2.24, 2.45) is 5.16 Å². The standard InChI is InChI=1S/C9H9NO2/c1-2-7-3-4-8(6-10-12)9(11)5-7/h2-6,11-12H,1H2/b10-6+. The van der Waals surface area contributed by atoms with Crippen molar-refractivity contribution < 1.29 is 10.3 Å². The van der Waals surface area contributed by atoms with Gasteiger partial charge in [-0.15, -0.1) is 0 Å². The molecule has 0 saturated carbocycles. The molecule has 3 heteroatoms. The monoisotopic (exact) mass is 163 g/mol. The first-order chi connectivity index (χ1) is 5.77. The predicted molar refractivity (Wildman–Crippen MR) is 47.6 cm³/mol. The molecule has 0 spiro atoms. The van der Waals surface area contributed by atoms with Gasteiger partial charge in [0.05, 0.1) is 6.21 Å². The molecule has 0 aliphatic carbocycles. The van der Waals surface area contributed by atoms with Crippen LogP contribution in [0.15, 0.2) is 29.9 Å². The van der Waals surface area contributed by atoms with Crippen molar-refractivity contribution in [3.63, 3.8) is 0 Å². The van der Waals surface area contributed by atoms with Gasteiger partial charge >= 0.3 is 0 Å². The van der Waals surface area contributed by atoms with Crippen molar-refractivity contribution in [2.45, 2.75) is 0 Å². The fraction of sp³-hybridized carbons (Fsp3) is 0. The number of benzene rings is 1. The number of phenols is 1. The molecular formula is C9H9NO2. The largest absolute Gasteiger partial charge is 0.507 e. The molecule has 0 heterocycles. The van der Waals surface area contributed by atoms with Gasteiger partial charge in [0.25, 0.3) is 0 Å². The predicted octanol–water partition coefficient (Wildman–Crippen LogP) is 1.84. The maximum Gasteiger partial charge on any atom is 0.125 e. The van der Waals surface area contributed by atoms with Crippen molar-refractivity contribution >= 4 is 12.3 Å². The minimum atomic E-state index is 0.0743. The van der Waals surface area contributed by atoms with Gasteiger partial charge in [0.1, 0.15) is 5.75 Å². The first-order valence-corrected chi connectivity index (χ1v) is 3.41. The molecule has 1 rings (SSSR count). The van der Waals surface area contributed by atoms with Crippen molar-refractivity contribution in [3.05, 3.63) is 35.9 Å². The summed E-state index contributed by atoms with van der Waals surface area (Å²) in [6, 6.07) is 4.96. The smallest absolute Gasteiger partial charge is 0.125 e. The second-order valence-electron chi connectivity index (χ2n) is 2.27. The van der Waals surface area contributed by atoms with Crippen LogP contribution in [0.25, 0.3) is 6.08 Å². The van der Waals surface area contributed by atoms with Gasteiger partial charge < -0.3 is 10.3 Å². The molecule has 0 atom stereocenters. The van der Waals surface area contributed by atoms with Crippen LogP contribution >= 0.6 is 0 Å². The van der Waals surface area contributed by atoms with Crippen LogP contribution in [0.4, 0.5) is 0 Å². The summed E-state index contributed by atoms with van der Waals surface area (Å²) in [5, 5.41) is 20.3. The molecule has 2 N–H and O–H groups in total. The second-order valence-corrected chi connectivity index (χ2v) is 2.27. The van der Waals surface area contributed by atoms with E-state index in [0.29, 0.717) is 5.56 Å². The number of hydrogen-bond donors (Lipinski definition) is 2. The van der Waals surface area contributed by atoms with Crippen LogP contribution in [0.2, 0.25) is 0 Å². The van der Waals surface area contributed by atoms with Gasteiger partial charge in [-0.05, 0) is 17.7 Å². The van der Waals surface area contributed by atoms with Crippen molar-refractivity contribution in [1.82, 2.24) is 0 Å². The zero-order valence-corrected chi connectivity index (χ0v) is 6.44. The Bertz CT molecular complexity index is 318. The van der Waals surface area contributed by atoms with E-state index in [1.165, 1.54) is 6.21 Å². The van der Waals surface area contributed by atoms with E-state index in [-0.39, 0.29) is 5.75 Å². The van der Waals surface area contributed by atoms with Crippen LogP contribution in [0.5, 0.6) is 5.75 Å². The second kappa shape index (κ2) is 3.57. The molecule has 1 aromatic carbocycles. The van der Waals surface area contributed by atoms with E-state index >= 15 is 0 Å². The summed E-state index contributed by atoms with van der Waals surface area (Å²) >= 11 is 0. The lowest BCUT2D eigenvalue weighted by Gasteiger charge is -1.98. The average molecular weight is 163 g/mol. The first kappa shape index (κ1) is 8.33. The molecule has 1 aromatic rings. The van der Waals surface area contributed by atoms with E-state index < -0.39 is 0 Å². The Labute approximate surface area is 70.3 Å². The molecule has 0 aliphatic rings. The lowest BCUT2D eigenvalue weighted by atomic mass is 10.1. The van der Waals surface area contributed by atoms with Crippen LogP contribution < -0.4 is 0 Å². The third kappa shape index (κ3) is 1.63. The minimum absolute atomic E-state index is 0.0743. The quantitative estimate of drug-likeness (QED) is 0.397. The highest BCUT2D eigenvalue weighted by atomic mass is 16.4. The van der Waals surface area contributed by atoms with E-state index in [2.05, 4.69) is 11.7 Å². The molecule has 3 nitrogen and oxygen atoms in total. The summed E-state index contributed by atoms with van der Waals surface area (Å²) in [5.41, 5.74) is 1.30. The number of oxime groups is 1. The molecule has 62 valence electrons. The van der Waals surface area contributed by atoms with Crippen molar-refractivity contribution in [3.8, 4) is 5.75 Å². The Hall–Kier alpha value is -1.77. The fourth-order valence-electron chi connectivity index (χ4n) is 0.859. The lowest BCUT2D eigenvalue weighted by Crippen LogP contribution is -1.82. The summed E-state index contributed by atoms with van der Waals surface area (Å²) in [4.78, 5) is 0. The Morgan fingerprint density at radius 2 is 2.17 bits per heavy atom. The van der Waals surface area contributed by atoms with Gasteiger partial charge in [-0.3, -0.25) is 0 Å². The summed E-state index contributed by atoms with van der Waals surface area (Å²) in [7, 11) is 0. The number of hydrogen-bond acceptors (Lipinski definition) is 3. The average Bonchev–Trinajstić information content (AvgIpc) is 2.09. The third-order valence-corrected chi connectivity index (χ3v) is 1.49. The minimum Gasteiger partial charge on any atom is -0.507 e. The summed E-state index contributed by atoms with van der Waals surface area (Å²) in [6.07, 6.45) is 2.79. The Kier molecular flexibility index (Phi) is 2.48. The first-order valence-electron chi connectivity index (χ1n) is 3.41. The van der Waals surface area contributed by atoms with E-state index in [9.17, 15) is 5.11 Å². The maximum absolute atomic E-state index is 9.30. The van der Waals surface area contributed by atoms with Crippen molar-refractivity contribution in [2.75, 3.05) is 0 Å². The van der Waals surface area contributed by atoms with Crippen LogP contribution in [-0.4, -0.2) is 16.5 Å². The topological polar surface area (TPSA) is 52.8 Å². The van der Waals surface area contributed by atoms with Crippen molar-refractivity contribution in [1.29, 1.82) is 0 Å². The van der Waals surface area contributed by atoms with Crippen LogP contribution in [0.1, 0.15) is 11.1 Å². The van der Waals surface area contributed by atoms with Crippen LogP contribution in [-0.2, 0) is 0 Å². The number of nitrogens with zero attached hydrogens (tertiary/aromatic N) is 1. The molecule has 0 amide bonds. The number of rotatable bonds is 2. The molecule has 12 heavy (non-hydrogen) atoms. The highest BCUT2D eigenvalue weighted by Crippen LogP contribution is 2.17. The molecule has 0 aromatic heterocycles. The molecule has 0 radical (unpaired) electrons. The Morgan fingerprint density at radius 3 is 2.67 bits per heavy atom. The maximum atomic E-state index is 9.30. The fourth-order valence-corrected chi connectivity index (χ4v) is 0.859. The Balaban J connectivity index is 3.11. The van der Waals surface area contributed by atoms with E-state index in [1.807, 2.05) is 0 Å². The summed E-state index contributed by atoms with van der Waals surface area (Å²) < 4.78 is 0. The molecule has 0 aliphatic heterocycles. The molecular weight excluding hydrogens is 154 g/mol. The SMILES string of the molecule is C=Cc1ccc(/C=N/O)c(O)c1. The zero-order chi connectivity index (χ0) is 8.97. The summed E-state index contributed by atoms with van der Waals surface area (Å²) in [5.74, 6) is 0.0743. The van der Waals surface area contributed by atoms with Gasteiger partial charge in [0.15, 0.2) is 0 Å². The van der Waals surface area contributed by atoms with Gasteiger partial charge in [0.2, 0.25) is 0 Å². The zero-order valence-electron chi connectivity index (χ0n) is 6.44. The highest BCUT2D eigenvalue weighted by molar-refractivity contribution is 5.83.